The van der Waals surface area contributed by atoms with Gasteiger partial charge in [0.1, 0.15) is 16.8 Å². The highest BCUT2D eigenvalue weighted by molar-refractivity contribution is 7.09. The topological polar surface area (TPSA) is 106 Å². The number of hydrogen-bond donors (Lipinski definition) is 3. The molecule has 6 nitrogen and oxygen atoms in total. The molecule has 0 aromatic carbocycles. The van der Waals surface area contributed by atoms with Gasteiger partial charge >= 0.3 is 0 Å². The third kappa shape index (κ3) is 2.07. The van der Waals surface area contributed by atoms with Crippen LogP contribution in [-0.2, 0) is 4.74 Å². The number of carbonyl (C=O) groups excluding carboxylic acids is 1. The summed E-state index contributed by atoms with van der Waals surface area (Å²) in [5, 5.41) is 20.7. The van der Waals surface area contributed by atoms with E-state index in [1.807, 2.05) is 0 Å². The highest BCUT2D eigenvalue weighted by Crippen LogP contribution is 2.34. The van der Waals surface area contributed by atoms with E-state index in [0.717, 1.165) is 0 Å². The summed E-state index contributed by atoms with van der Waals surface area (Å²) in [5.41, 5.74) is 5.25. The molecule has 1 aliphatic rings. The standard InChI is InChI=1S/C9H12N2O4S/c10-8(14)5-3-16-9(11-5)7-6(13)1-4(2-12)15-7/h3-4,6-7,12-13H,1-2H2,(H2,10,14). The summed E-state index contributed by atoms with van der Waals surface area (Å²) in [7, 11) is 0. The Morgan fingerprint density at radius 1 is 1.75 bits per heavy atom. The lowest BCUT2D eigenvalue weighted by atomic mass is 10.1. The van der Waals surface area contributed by atoms with E-state index in [0.29, 0.717) is 11.4 Å². The Morgan fingerprint density at radius 2 is 2.50 bits per heavy atom. The molecule has 1 aromatic rings. The van der Waals surface area contributed by atoms with Crippen LogP contribution in [0.4, 0.5) is 0 Å². The second kappa shape index (κ2) is 4.46. The zero-order chi connectivity index (χ0) is 11.7. The van der Waals surface area contributed by atoms with E-state index in [1.54, 1.807) is 0 Å². The number of thiazole rings is 1. The summed E-state index contributed by atoms with van der Waals surface area (Å²) in [4.78, 5) is 14.8. The van der Waals surface area contributed by atoms with Gasteiger partial charge in [-0.3, -0.25) is 4.79 Å². The highest BCUT2D eigenvalue weighted by Gasteiger charge is 2.36. The Bertz CT molecular complexity index is 395. The number of amides is 1. The van der Waals surface area contributed by atoms with Gasteiger partial charge in [0.15, 0.2) is 0 Å². The average molecular weight is 244 g/mol. The minimum Gasteiger partial charge on any atom is -0.394 e. The smallest absolute Gasteiger partial charge is 0.268 e. The molecule has 0 bridgehead atoms. The number of hydrogen-bond acceptors (Lipinski definition) is 6. The van der Waals surface area contributed by atoms with Crippen LogP contribution in [0.3, 0.4) is 0 Å². The molecule has 4 N–H and O–H groups in total. The van der Waals surface area contributed by atoms with Crippen molar-refractivity contribution in [3.63, 3.8) is 0 Å². The minimum atomic E-state index is -0.705. The molecule has 1 fully saturated rings. The van der Waals surface area contributed by atoms with E-state index in [9.17, 15) is 9.90 Å². The number of aromatic nitrogens is 1. The van der Waals surface area contributed by atoms with Gasteiger partial charge in [0.2, 0.25) is 0 Å². The van der Waals surface area contributed by atoms with E-state index < -0.39 is 18.1 Å². The molecule has 0 saturated carbocycles. The Kier molecular flexibility index (Phi) is 3.20. The Labute approximate surface area is 95.7 Å². The van der Waals surface area contributed by atoms with Gasteiger partial charge in [-0.2, -0.15) is 0 Å². The summed E-state index contributed by atoms with van der Waals surface area (Å²) >= 11 is 1.21. The molecule has 1 saturated heterocycles. The Hall–Kier alpha value is -1.02. The predicted octanol–water partition coefficient (Wildman–Crippen LogP) is -0.575. The van der Waals surface area contributed by atoms with Crippen LogP contribution in [0.25, 0.3) is 0 Å². The molecule has 1 amide bonds. The normalized spacial score (nSPS) is 29.5. The van der Waals surface area contributed by atoms with Crippen molar-refractivity contribution in [2.45, 2.75) is 24.7 Å². The lowest BCUT2D eigenvalue weighted by molar-refractivity contribution is -0.0109. The monoisotopic (exact) mass is 244 g/mol. The summed E-state index contributed by atoms with van der Waals surface area (Å²) in [6.45, 7) is -0.137. The van der Waals surface area contributed by atoms with Crippen LogP contribution in [0, 0.1) is 0 Å². The number of ether oxygens (including phenoxy) is 1. The zero-order valence-electron chi connectivity index (χ0n) is 8.37. The van der Waals surface area contributed by atoms with E-state index in [1.165, 1.54) is 16.7 Å². The first-order chi connectivity index (χ1) is 7.61. The summed E-state index contributed by atoms with van der Waals surface area (Å²) in [6.07, 6.45) is -1.28. The molecule has 0 aliphatic carbocycles. The van der Waals surface area contributed by atoms with Crippen molar-refractivity contribution in [3.05, 3.63) is 16.1 Å². The predicted molar refractivity (Wildman–Crippen MR) is 56.0 cm³/mol. The molecule has 7 heteroatoms. The molecule has 2 heterocycles. The van der Waals surface area contributed by atoms with Gasteiger partial charge < -0.3 is 20.7 Å². The lowest BCUT2D eigenvalue weighted by Crippen LogP contribution is -2.14. The lowest BCUT2D eigenvalue weighted by Gasteiger charge is -2.10. The number of aliphatic hydroxyl groups excluding tert-OH is 2. The number of rotatable bonds is 3. The van der Waals surface area contributed by atoms with Crippen LogP contribution < -0.4 is 5.73 Å². The van der Waals surface area contributed by atoms with Gasteiger partial charge in [-0.05, 0) is 0 Å². The first-order valence-corrected chi connectivity index (χ1v) is 5.69. The van der Waals surface area contributed by atoms with Gasteiger partial charge in [-0.25, -0.2) is 4.98 Å². The number of primary amides is 1. The molecule has 2 rings (SSSR count). The summed E-state index contributed by atoms with van der Waals surface area (Å²) < 4.78 is 5.40. The number of carbonyl (C=O) groups is 1. The Morgan fingerprint density at radius 3 is 3.00 bits per heavy atom. The van der Waals surface area contributed by atoms with Crippen molar-refractivity contribution in [3.8, 4) is 0 Å². The number of aliphatic hydroxyl groups is 2. The van der Waals surface area contributed by atoms with Crippen LogP contribution in [0.15, 0.2) is 5.38 Å². The van der Waals surface area contributed by atoms with Gasteiger partial charge in [-0.15, -0.1) is 11.3 Å². The molecule has 1 aliphatic heterocycles. The summed E-state index contributed by atoms with van der Waals surface area (Å²) in [5.74, 6) is -0.603. The van der Waals surface area contributed by atoms with Crippen LogP contribution in [0.2, 0.25) is 0 Å². The first-order valence-electron chi connectivity index (χ1n) is 4.81. The minimum absolute atomic E-state index is 0.137. The molecular formula is C9H12N2O4S. The molecule has 0 spiro atoms. The highest BCUT2D eigenvalue weighted by atomic mass is 32.1. The number of nitrogens with two attached hydrogens (primary N) is 1. The van der Waals surface area contributed by atoms with Crippen LogP contribution in [0.1, 0.15) is 28.0 Å². The molecule has 1 aromatic heterocycles. The van der Waals surface area contributed by atoms with Crippen molar-refractivity contribution in [2.24, 2.45) is 5.73 Å². The fourth-order valence-electron chi connectivity index (χ4n) is 1.62. The molecule has 0 radical (unpaired) electrons. The van der Waals surface area contributed by atoms with Crippen molar-refractivity contribution in [2.75, 3.05) is 6.61 Å². The SMILES string of the molecule is NC(=O)c1csc(C2OC(CO)CC2O)n1. The maximum atomic E-state index is 10.9. The van der Waals surface area contributed by atoms with Crippen molar-refractivity contribution < 1.29 is 19.7 Å². The summed E-state index contributed by atoms with van der Waals surface area (Å²) in [6, 6.07) is 0. The Balaban J connectivity index is 2.15. The van der Waals surface area contributed by atoms with Crippen LogP contribution in [0.5, 0.6) is 0 Å². The van der Waals surface area contributed by atoms with Gasteiger partial charge in [0.05, 0.1) is 18.8 Å². The van der Waals surface area contributed by atoms with E-state index in [2.05, 4.69) is 4.98 Å². The number of nitrogens with zero attached hydrogens (tertiary/aromatic N) is 1. The largest absolute Gasteiger partial charge is 0.394 e. The van der Waals surface area contributed by atoms with E-state index >= 15 is 0 Å². The molecule has 3 atom stereocenters. The first kappa shape index (κ1) is 11.5. The second-order valence-electron chi connectivity index (χ2n) is 3.60. The zero-order valence-corrected chi connectivity index (χ0v) is 9.18. The second-order valence-corrected chi connectivity index (χ2v) is 4.49. The quantitative estimate of drug-likeness (QED) is 0.660. The van der Waals surface area contributed by atoms with Gasteiger partial charge in [0, 0.05) is 11.8 Å². The fourth-order valence-corrected chi connectivity index (χ4v) is 2.52. The maximum Gasteiger partial charge on any atom is 0.268 e. The van der Waals surface area contributed by atoms with Gasteiger partial charge in [0.25, 0.3) is 5.91 Å². The third-order valence-corrected chi connectivity index (χ3v) is 3.32. The van der Waals surface area contributed by atoms with Crippen molar-refractivity contribution >= 4 is 17.2 Å². The molecular weight excluding hydrogens is 232 g/mol. The van der Waals surface area contributed by atoms with Crippen LogP contribution in [-0.4, -0.2) is 39.9 Å². The van der Waals surface area contributed by atoms with E-state index in [-0.39, 0.29) is 18.4 Å². The molecule has 88 valence electrons. The van der Waals surface area contributed by atoms with Gasteiger partial charge in [-0.1, -0.05) is 0 Å². The maximum absolute atomic E-state index is 10.9. The third-order valence-electron chi connectivity index (χ3n) is 2.41. The molecule has 3 unspecified atom stereocenters. The average Bonchev–Trinajstić information content (AvgIpc) is 2.83. The van der Waals surface area contributed by atoms with Crippen molar-refractivity contribution in [1.29, 1.82) is 0 Å². The molecule has 16 heavy (non-hydrogen) atoms. The van der Waals surface area contributed by atoms with Crippen molar-refractivity contribution in [1.82, 2.24) is 4.98 Å². The van der Waals surface area contributed by atoms with E-state index in [4.69, 9.17) is 15.6 Å². The fraction of sp³-hybridized carbons (Fsp3) is 0.556. The van der Waals surface area contributed by atoms with Crippen LogP contribution >= 0.6 is 11.3 Å².